The van der Waals surface area contributed by atoms with Crippen LogP contribution in [0.3, 0.4) is 0 Å². The molecule has 8 heteroatoms. The summed E-state index contributed by atoms with van der Waals surface area (Å²) in [7, 11) is 1.42. The number of carboxylic acids is 1. The molecule has 0 amide bonds. The normalized spacial score (nSPS) is 23.9. The van der Waals surface area contributed by atoms with Gasteiger partial charge >= 0.3 is 5.97 Å². The van der Waals surface area contributed by atoms with Gasteiger partial charge in [0.25, 0.3) is 0 Å². The number of aliphatic carboxylic acids is 1. The minimum atomic E-state index is -0.898. The predicted octanol–water partition coefficient (Wildman–Crippen LogP) is 3.97. The highest BCUT2D eigenvalue weighted by Crippen LogP contribution is 2.53. The second kappa shape index (κ2) is 10.2. The zero-order valence-corrected chi connectivity index (χ0v) is 20.0. The second-order valence-electron chi connectivity index (χ2n) is 8.86. The SMILES string of the molecule is CCCNCCN1C[C@H](c2ccc3c(c2)OCO3)[C@@H](C(=O)O)[C@]1(CC)c1ccc(OC)c(F)c1. The number of fused-ring (bicyclic) bond motifs is 1. The van der Waals surface area contributed by atoms with Gasteiger partial charge in [-0.2, -0.15) is 0 Å². The molecular formula is C26H33FN2O5. The van der Waals surface area contributed by atoms with Crippen LogP contribution in [0, 0.1) is 11.7 Å². The Balaban J connectivity index is 1.80. The summed E-state index contributed by atoms with van der Waals surface area (Å²) in [4.78, 5) is 15.1. The first-order valence-corrected chi connectivity index (χ1v) is 11.9. The van der Waals surface area contributed by atoms with Crippen molar-refractivity contribution < 1.29 is 28.5 Å². The molecule has 1 fully saturated rings. The van der Waals surface area contributed by atoms with Crippen LogP contribution in [0.5, 0.6) is 17.2 Å². The molecule has 0 bridgehead atoms. The van der Waals surface area contributed by atoms with E-state index in [1.807, 2.05) is 25.1 Å². The third kappa shape index (κ3) is 4.20. The molecule has 0 radical (unpaired) electrons. The number of benzene rings is 2. The second-order valence-corrected chi connectivity index (χ2v) is 8.86. The minimum Gasteiger partial charge on any atom is -0.494 e. The van der Waals surface area contributed by atoms with E-state index in [0.29, 0.717) is 43.1 Å². The molecule has 0 aromatic heterocycles. The van der Waals surface area contributed by atoms with Gasteiger partial charge in [-0.1, -0.05) is 26.0 Å². The molecule has 2 aromatic rings. The van der Waals surface area contributed by atoms with Gasteiger partial charge in [0.1, 0.15) is 0 Å². The summed E-state index contributed by atoms with van der Waals surface area (Å²) in [5.74, 6) is -1.05. The Labute approximate surface area is 199 Å². The van der Waals surface area contributed by atoms with Crippen LogP contribution in [0.4, 0.5) is 4.39 Å². The van der Waals surface area contributed by atoms with Crippen molar-refractivity contribution in [2.24, 2.45) is 5.92 Å². The summed E-state index contributed by atoms with van der Waals surface area (Å²) < 4.78 is 31.0. The smallest absolute Gasteiger partial charge is 0.309 e. The first kappa shape index (κ1) is 24.3. The van der Waals surface area contributed by atoms with Crippen molar-refractivity contribution in [1.82, 2.24) is 10.2 Å². The molecule has 2 N–H and O–H groups in total. The van der Waals surface area contributed by atoms with E-state index in [4.69, 9.17) is 14.2 Å². The Morgan fingerprint density at radius 1 is 1.21 bits per heavy atom. The van der Waals surface area contributed by atoms with Gasteiger partial charge in [0.15, 0.2) is 23.1 Å². The maximum Gasteiger partial charge on any atom is 0.309 e. The average molecular weight is 473 g/mol. The molecule has 0 spiro atoms. The molecular weight excluding hydrogens is 439 g/mol. The Morgan fingerprint density at radius 2 is 2.00 bits per heavy atom. The molecule has 0 saturated carbocycles. The summed E-state index contributed by atoms with van der Waals surface area (Å²) in [6.45, 7) is 7.03. The van der Waals surface area contributed by atoms with Crippen LogP contribution < -0.4 is 19.5 Å². The number of nitrogens with one attached hydrogen (secondary N) is 1. The summed E-state index contributed by atoms with van der Waals surface area (Å²) in [6, 6.07) is 10.5. The maximum atomic E-state index is 14.9. The molecule has 2 aromatic carbocycles. The molecule has 2 aliphatic heterocycles. The van der Waals surface area contributed by atoms with Crippen molar-refractivity contribution >= 4 is 5.97 Å². The van der Waals surface area contributed by atoms with Crippen molar-refractivity contribution in [3.63, 3.8) is 0 Å². The van der Waals surface area contributed by atoms with E-state index in [2.05, 4.69) is 17.1 Å². The summed E-state index contributed by atoms with van der Waals surface area (Å²) in [6.07, 6.45) is 1.53. The Morgan fingerprint density at radius 3 is 2.68 bits per heavy atom. The molecule has 1 saturated heterocycles. The van der Waals surface area contributed by atoms with Crippen LogP contribution in [0.15, 0.2) is 36.4 Å². The van der Waals surface area contributed by atoms with E-state index in [1.54, 1.807) is 12.1 Å². The lowest BCUT2D eigenvalue weighted by Gasteiger charge is -2.41. The van der Waals surface area contributed by atoms with E-state index in [9.17, 15) is 14.3 Å². The average Bonchev–Trinajstić information content (AvgIpc) is 3.44. The van der Waals surface area contributed by atoms with E-state index < -0.39 is 23.2 Å². The third-order valence-corrected chi connectivity index (χ3v) is 7.17. The molecule has 2 aliphatic rings. The van der Waals surface area contributed by atoms with Crippen molar-refractivity contribution in [2.75, 3.05) is 40.1 Å². The van der Waals surface area contributed by atoms with Gasteiger partial charge in [-0.3, -0.25) is 9.69 Å². The molecule has 184 valence electrons. The number of hydrogen-bond donors (Lipinski definition) is 2. The Bertz CT molecular complexity index is 1030. The van der Waals surface area contributed by atoms with Gasteiger partial charge in [0, 0.05) is 25.6 Å². The Hall–Kier alpha value is -2.84. The van der Waals surface area contributed by atoms with E-state index in [1.165, 1.54) is 13.2 Å². The molecule has 34 heavy (non-hydrogen) atoms. The highest BCUT2D eigenvalue weighted by molar-refractivity contribution is 5.75. The molecule has 0 unspecified atom stereocenters. The summed E-state index contributed by atoms with van der Waals surface area (Å²) in [5.41, 5.74) is 0.653. The highest BCUT2D eigenvalue weighted by Gasteiger charge is 2.57. The number of carbonyl (C=O) groups is 1. The topological polar surface area (TPSA) is 80.3 Å². The van der Waals surface area contributed by atoms with Crippen molar-refractivity contribution in [3.8, 4) is 17.2 Å². The molecule has 4 rings (SSSR count). The van der Waals surface area contributed by atoms with Gasteiger partial charge in [-0.15, -0.1) is 0 Å². The lowest BCUT2D eigenvalue weighted by molar-refractivity contribution is -0.146. The fourth-order valence-corrected chi connectivity index (χ4v) is 5.61. The monoisotopic (exact) mass is 472 g/mol. The molecule has 2 heterocycles. The number of methoxy groups -OCH3 is 1. The Kier molecular flexibility index (Phi) is 7.28. The minimum absolute atomic E-state index is 0.142. The van der Waals surface area contributed by atoms with Crippen LogP contribution in [0.25, 0.3) is 0 Å². The van der Waals surface area contributed by atoms with Crippen LogP contribution in [-0.2, 0) is 10.3 Å². The van der Waals surface area contributed by atoms with E-state index in [-0.39, 0.29) is 18.5 Å². The van der Waals surface area contributed by atoms with Crippen LogP contribution in [0.2, 0.25) is 0 Å². The number of rotatable bonds is 10. The largest absolute Gasteiger partial charge is 0.494 e. The van der Waals surface area contributed by atoms with Crippen molar-refractivity contribution in [3.05, 3.63) is 53.3 Å². The highest BCUT2D eigenvalue weighted by atomic mass is 19.1. The fraction of sp³-hybridized carbons (Fsp3) is 0.500. The third-order valence-electron chi connectivity index (χ3n) is 7.17. The first-order valence-electron chi connectivity index (χ1n) is 11.9. The van der Waals surface area contributed by atoms with Gasteiger partial charge in [-0.25, -0.2) is 4.39 Å². The molecule has 3 atom stereocenters. The van der Waals surface area contributed by atoms with Gasteiger partial charge in [0.05, 0.1) is 18.6 Å². The number of likely N-dealkylation sites (tertiary alicyclic amines) is 1. The van der Waals surface area contributed by atoms with Gasteiger partial charge < -0.3 is 24.6 Å². The number of carboxylic acid groups (broad SMARTS) is 1. The van der Waals surface area contributed by atoms with Crippen LogP contribution in [-0.4, -0.2) is 56.1 Å². The maximum absolute atomic E-state index is 14.9. The lowest BCUT2D eigenvalue weighted by atomic mass is 9.71. The summed E-state index contributed by atoms with van der Waals surface area (Å²) >= 11 is 0. The summed E-state index contributed by atoms with van der Waals surface area (Å²) in [5, 5.41) is 14.0. The lowest BCUT2D eigenvalue weighted by Crippen LogP contribution is -2.49. The molecule has 7 nitrogen and oxygen atoms in total. The zero-order chi connectivity index (χ0) is 24.3. The van der Waals surface area contributed by atoms with E-state index >= 15 is 0 Å². The van der Waals surface area contributed by atoms with Crippen molar-refractivity contribution in [2.45, 2.75) is 38.1 Å². The van der Waals surface area contributed by atoms with Gasteiger partial charge in [0.2, 0.25) is 6.79 Å². The first-order chi connectivity index (χ1) is 16.5. The van der Waals surface area contributed by atoms with Crippen LogP contribution in [0.1, 0.15) is 43.7 Å². The number of nitrogens with zero attached hydrogens (tertiary/aromatic N) is 1. The number of halogens is 1. The quantitative estimate of drug-likeness (QED) is 0.507. The van der Waals surface area contributed by atoms with Gasteiger partial charge in [-0.05, 0) is 54.8 Å². The standard InChI is InChI=1S/C26H33FN2O5/c1-4-10-28-11-12-29-15-19(17-6-8-22-23(13-17)34-16-33-22)24(25(30)31)26(29,5-2)18-7-9-21(32-3)20(27)14-18/h6-9,13-14,19,24,28H,4-5,10-12,15-16H2,1-3H3,(H,30,31)/t19-,24+,26+/m1/s1. The fourth-order valence-electron chi connectivity index (χ4n) is 5.61. The predicted molar refractivity (Wildman–Crippen MR) is 126 cm³/mol. The number of ether oxygens (including phenoxy) is 3. The molecule has 0 aliphatic carbocycles. The van der Waals surface area contributed by atoms with Crippen molar-refractivity contribution in [1.29, 1.82) is 0 Å². The zero-order valence-electron chi connectivity index (χ0n) is 20.0. The van der Waals surface area contributed by atoms with E-state index in [0.717, 1.165) is 18.5 Å². The number of hydrogen-bond acceptors (Lipinski definition) is 6. The van der Waals surface area contributed by atoms with Crippen LogP contribution >= 0.6 is 0 Å².